The van der Waals surface area contributed by atoms with E-state index in [0.29, 0.717) is 28.9 Å². The average molecular weight is 335 g/mol. The van der Waals surface area contributed by atoms with Crippen LogP contribution in [0.1, 0.15) is 12.5 Å². The number of halogens is 2. The van der Waals surface area contributed by atoms with E-state index in [1.165, 1.54) is 18.2 Å². The smallest absolute Gasteiger partial charge is 0.165 e. The number of nitriles is 1. The molecular formula is C21H15F2NO. The lowest BCUT2D eigenvalue weighted by Gasteiger charge is -2.09. The maximum absolute atomic E-state index is 14.5. The van der Waals surface area contributed by atoms with Gasteiger partial charge in [-0.15, -0.1) is 0 Å². The first-order chi connectivity index (χ1) is 12.1. The van der Waals surface area contributed by atoms with Gasteiger partial charge in [-0.25, -0.2) is 8.78 Å². The molecule has 0 aromatic heterocycles. The Balaban J connectivity index is 1.94. The molecule has 0 aliphatic heterocycles. The van der Waals surface area contributed by atoms with Crippen LogP contribution < -0.4 is 4.74 Å². The van der Waals surface area contributed by atoms with Crippen molar-refractivity contribution in [3.05, 3.63) is 77.9 Å². The molecule has 4 heteroatoms. The Morgan fingerprint density at radius 1 is 0.840 bits per heavy atom. The molecule has 3 aromatic rings. The molecule has 0 unspecified atom stereocenters. The standard InChI is InChI=1S/C21H15F2NO/c1-2-25-21-10-8-17(12-20(21)23)18-9-7-16(11-19(18)22)15-5-3-14(13-24)4-6-15/h3-12H,2H2,1H3. The van der Waals surface area contributed by atoms with E-state index in [4.69, 9.17) is 10.00 Å². The highest BCUT2D eigenvalue weighted by Gasteiger charge is 2.11. The molecule has 0 atom stereocenters. The van der Waals surface area contributed by atoms with Crippen LogP contribution in [-0.2, 0) is 0 Å². The van der Waals surface area contributed by atoms with Crippen molar-refractivity contribution in [2.75, 3.05) is 6.61 Å². The van der Waals surface area contributed by atoms with Gasteiger partial charge in [-0.3, -0.25) is 0 Å². The van der Waals surface area contributed by atoms with E-state index in [1.54, 1.807) is 49.4 Å². The third kappa shape index (κ3) is 3.51. The number of ether oxygens (including phenoxy) is 1. The Morgan fingerprint density at radius 2 is 1.48 bits per heavy atom. The summed E-state index contributed by atoms with van der Waals surface area (Å²) in [5.41, 5.74) is 2.81. The van der Waals surface area contributed by atoms with Crippen molar-refractivity contribution in [2.45, 2.75) is 6.92 Å². The first-order valence-corrected chi connectivity index (χ1v) is 7.85. The Morgan fingerprint density at radius 3 is 2.08 bits per heavy atom. The fourth-order valence-electron chi connectivity index (χ4n) is 2.61. The van der Waals surface area contributed by atoms with Gasteiger partial charge in [0.05, 0.1) is 18.2 Å². The maximum Gasteiger partial charge on any atom is 0.165 e. The minimum absolute atomic E-state index is 0.154. The van der Waals surface area contributed by atoms with Gasteiger partial charge in [0.2, 0.25) is 0 Å². The van der Waals surface area contributed by atoms with Crippen LogP contribution in [-0.4, -0.2) is 6.61 Å². The fraction of sp³-hybridized carbons (Fsp3) is 0.0952. The van der Waals surface area contributed by atoms with Crippen LogP contribution in [0.2, 0.25) is 0 Å². The molecule has 0 radical (unpaired) electrons. The number of hydrogen-bond donors (Lipinski definition) is 0. The van der Waals surface area contributed by atoms with Gasteiger partial charge in [0, 0.05) is 5.56 Å². The average Bonchev–Trinajstić information content (AvgIpc) is 2.63. The van der Waals surface area contributed by atoms with Crippen LogP contribution in [0.4, 0.5) is 8.78 Å². The zero-order valence-electron chi connectivity index (χ0n) is 13.6. The summed E-state index contributed by atoms with van der Waals surface area (Å²) in [6.45, 7) is 2.14. The summed E-state index contributed by atoms with van der Waals surface area (Å²) in [5, 5.41) is 8.83. The van der Waals surface area contributed by atoms with E-state index in [9.17, 15) is 8.78 Å². The molecule has 0 fully saturated rings. The zero-order valence-corrected chi connectivity index (χ0v) is 13.6. The third-order valence-electron chi connectivity index (χ3n) is 3.86. The summed E-state index contributed by atoms with van der Waals surface area (Å²) >= 11 is 0. The second-order valence-electron chi connectivity index (χ2n) is 5.46. The summed E-state index contributed by atoms with van der Waals surface area (Å²) < 4.78 is 33.7. The van der Waals surface area contributed by atoms with Crippen molar-refractivity contribution in [3.63, 3.8) is 0 Å². The molecule has 0 spiro atoms. The molecule has 0 heterocycles. The number of benzene rings is 3. The second-order valence-corrected chi connectivity index (χ2v) is 5.46. The molecule has 0 bridgehead atoms. The van der Waals surface area contributed by atoms with Gasteiger partial charge in [0.1, 0.15) is 5.82 Å². The van der Waals surface area contributed by atoms with Gasteiger partial charge in [0.25, 0.3) is 0 Å². The molecule has 0 saturated carbocycles. The maximum atomic E-state index is 14.5. The summed E-state index contributed by atoms with van der Waals surface area (Å²) in [4.78, 5) is 0. The Kier molecular flexibility index (Phi) is 4.76. The Hall–Kier alpha value is -3.19. The van der Waals surface area contributed by atoms with Crippen molar-refractivity contribution in [1.29, 1.82) is 5.26 Å². The van der Waals surface area contributed by atoms with E-state index in [2.05, 4.69) is 0 Å². The van der Waals surface area contributed by atoms with Gasteiger partial charge in [-0.05, 0) is 53.9 Å². The summed E-state index contributed by atoms with van der Waals surface area (Å²) in [5.74, 6) is -0.804. The minimum atomic E-state index is -0.519. The quantitative estimate of drug-likeness (QED) is 0.624. The fourth-order valence-corrected chi connectivity index (χ4v) is 2.61. The Bertz CT molecular complexity index is 943. The normalized spacial score (nSPS) is 10.3. The highest BCUT2D eigenvalue weighted by molar-refractivity contribution is 5.71. The summed E-state index contributed by atoms with van der Waals surface area (Å²) in [6, 6.07) is 18.2. The van der Waals surface area contributed by atoms with Gasteiger partial charge < -0.3 is 4.74 Å². The number of nitrogens with zero attached hydrogens (tertiary/aromatic N) is 1. The van der Waals surface area contributed by atoms with Gasteiger partial charge in [-0.1, -0.05) is 30.3 Å². The summed E-state index contributed by atoms with van der Waals surface area (Å²) in [7, 11) is 0. The molecule has 25 heavy (non-hydrogen) atoms. The van der Waals surface area contributed by atoms with Crippen LogP contribution in [0.15, 0.2) is 60.7 Å². The second kappa shape index (κ2) is 7.14. The molecule has 0 saturated heterocycles. The van der Waals surface area contributed by atoms with E-state index in [0.717, 1.165) is 5.56 Å². The van der Waals surface area contributed by atoms with E-state index < -0.39 is 11.6 Å². The first-order valence-electron chi connectivity index (χ1n) is 7.85. The van der Waals surface area contributed by atoms with Crippen molar-refractivity contribution in [1.82, 2.24) is 0 Å². The van der Waals surface area contributed by atoms with Gasteiger partial charge >= 0.3 is 0 Å². The monoisotopic (exact) mass is 335 g/mol. The lowest BCUT2D eigenvalue weighted by atomic mass is 9.99. The van der Waals surface area contributed by atoms with E-state index in [-0.39, 0.29) is 5.75 Å². The Labute approximate surface area is 144 Å². The minimum Gasteiger partial charge on any atom is -0.491 e. The number of rotatable bonds is 4. The highest BCUT2D eigenvalue weighted by Crippen LogP contribution is 2.30. The van der Waals surface area contributed by atoms with Crippen molar-refractivity contribution >= 4 is 0 Å². The molecule has 124 valence electrons. The lowest BCUT2D eigenvalue weighted by Crippen LogP contribution is -1.95. The van der Waals surface area contributed by atoms with Crippen LogP contribution in [0.3, 0.4) is 0 Å². The van der Waals surface area contributed by atoms with Crippen LogP contribution in [0.5, 0.6) is 5.75 Å². The predicted molar refractivity (Wildman–Crippen MR) is 93.1 cm³/mol. The lowest BCUT2D eigenvalue weighted by molar-refractivity contribution is 0.321. The van der Waals surface area contributed by atoms with Gasteiger partial charge in [0.15, 0.2) is 11.6 Å². The molecule has 0 amide bonds. The van der Waals surface area contributed by atoms with Crippen molar-refractivity contribution in [2.24, 2.45) is 0 Å². The van der Waals surface area contributed by atoms with E-state index in [1.807, 2.05) is 6.07 Å². The van der Waals surface area contributed by atoms with Gasteiger partial charge in [-0.2, -0.15) is 5.26 Å². The molecule has 2 nitrogen and oxygen atoms in total. The molecular weight excluding hydrogens is 320 g/mol. The van der Waals surface area contributed by atoms with Crippen LogP contribution >= 0.6 is 0 Å². The third-order valence-corrected chi connectivity index (χ3v) is 3.86. The SMILES string of the molecule is CCOc1ccc(-c2ccc(-c3ccc(C#N)cc3)cc2F)cc1F. The summed E-state index contributed by atoms with van der Waals surface area (Å²) in [6.07, 6.45) is 0. The zero-order chi connectivity index (χ0) is 17.8. The predicted octanol–water partition coefficient (Wildman–Crippen LogP) is 5.57. The molecule has 0 N–H and O–H groups in total. The van der Waals surface area contributed by atoms with Crippen molar-refractivity contribution in [3.8, 4) is 34.1 Å². The number of hydrogen-bond acceptors (Lipinski definition) is 2. The molecule has 3 rings (SSSR count). The van der Waals surface area contributed by atoms with Crippen LogP contribution in [0.25, 0.3) is 22.3 Å². The molecule has 0 aliphatic carbocycles. The topological polar surface area (TPSA) is 33.0 Å². The van der Waals surface area contributed by atoms with E-state index >= 15 is 0 Å². The van der Waals surface area contributed by atoms with Crippen molar-refractivity contribution < 1.29 is 13.5 Å². The molecule has 3 aromatic carbocycles. The molecule has 0 aliphatic rings. The largest absolute Gasteiger partial charge is 0.491 e. The highest BCUT2D eigenvalue weighted by atomic mass is 19.1. The van der Waals surface area contributed by atoms with Crippen LogP contribution in [0, 0.1) is 23.0 Å². The first kappa shape index (κ1) is 16.7.